The first kappa shape index (κ1) is 15.6. The van der Waals surface area contributed by atoms with E-state index in [4.69, 9.17) is 4.74 Å². The first-order chi connectivity index (χ1) is 11.1. The predicted octanol–water partition coefficient (Wildman–Crippen LogP) is 3.39. The lowest BCUT2D eigenvalue weighted by molar-refractivity contribution is -0.119. The van der Waals surface area contributed by atoms with E-state index in [0.29, 0.717) is 0 Å². The molecule has 0 aliphatic carbocycles. The normalized spacial score (nSPS) is 16.2. The molecule has 0 bridgehead atoms. The molecule has 1 aliphatic rings. The van der Waals surface area contributed by atoms with Crippen molar-refractivity contribution in [1.29, 1.82) is 0 Å². The third-order valence-electron chi connectivity index (χ3n) is 3.71. The Balaban J connectivity index is 1.69. The van der Waals surface area contributed by atoms with E-state index in [1.54, 1.807) is 7.05 Å². The Hall–Kier alpha value is -2.34. The summed E-state index contributed by atoms with van der Waals surface area (Å²) in [5.74, 6) is -0.185. The molecule has 1 unspecified atom stereocenters. The molecule has 5 nitrogen and oxygen atoms in total. The number of alkyl carbamates (subject to hydrolysis) is 1. The van der Waals surface area contributed by atoms with Gasteiger partial charge in [-0.15, -0.1) is 0 Å². The van der Waals surface area contributed by atoms with E-state index in [9.17, 15) is 9.59 Å². The summed E-state index contributed by atoms with van der Waals surface area (Å²) in [6.45, 7) is 0.161. The first-order valence-electron chi connectivity index (χ1n) is 7.10. The number of hydrogen-bond acceptors (Lipinski definition) is 3. The average molecular weight is 375 g/mol. The molecule has 2 amide bonds. The highest BCUT2D eigenvalue weighted by Gasteiger charge is 2.36. The van der Waals surface area contributed by atoms with Crippen LogP contribution in [0.5, 0.6) is 0 Å². The van der Waals surface area contributed by atoms with Crippen molar-refractivity contribution >= 4 is 33.6 Å². The van der Waals surface area contributed by atoms with Gasteiger partial charge < -0.3 is 15.0 Å². The van der Waals surface area contributed by atoms with Crippen LogP contribution in [0.4, 0.5) is 10.5 Å². The summed E-state index contributed by atoms with van der Waals surface area (Å²) in [6, 6.07) is 14.2. The zero-order valence-electron chi connectivity index (χ0n) is 12.5. The molecule has 1 N–H and O–H groups in total. The minimum absolute atomic E-state index is 0.161. The number of nitrogens with zero attached hydrogens (tertiary/aromatic N) is 1. The lowest BCUT2D eigenvalue weighted by atomic mass is 10.1. The highest BCUT2D eigenvalue weighted by molar-refractivity contribution is 9.10. The van der Waals surface area contributed by atoms with E-state index in [-0.39, 0.29) is 12.5 Å². The Bertz CT molecular complexity index is 749. The number of likely N-dealkylation sites (N-methyl/N-ethyl adjacent to an activating group) is 1. The molecule has 0 fully saturated rings. The summed E-state index contributed by atoms with van der Waals surface area (Å²) >= 11 is 3.39. The van der Waals surface area contributed by atoms with Crippen LogP contribution in [0, 0.1) is 0 Å². The second-order valence-corrected chi connectivity index (χ2v) is 6.16. The molecule has 0 aromatic heterocycles. The molecule has 0 saturated carbocycles. The Morgan fingerprint density at radius 3 is 2.74 bits per heavy atom. The van der Waals surface area contributed by atoms with E-state index < -0.39 is 12.1 Å². The monoisotopic (exact) mass is 374 g/mol. The molecule has 2 aromatic carbocycles. The Kier molecular flexibility index (Phi) is 4.34. The molecule has 0 saturated heterocycles. The number of halogens is 1. The number of carbonyl (C=O) groups excluding carboxylic acids is 2. The molecule has 0 spiro atoms. The van der Waals surface area contributed by atoms with Gasteiger partial charge in [0.15, 0.2) is 0 Å². The molecule has 1 aliphatic heterocycles. The second kappa shape index (κ2) is 6.42. The number of ether oxygens (including phenoxy) is 1. The number of nitrogens with one attached hydrogen (secondary N) is 1. The van der Waals surface area contributed by atoms with Crippen LogP contribution in [0.1, 0.15) is 17.2 Å². The number of amides is 2. The highest BCUT2D eigenvalue weighted by Crippen LogP contribution is 2.36. The summed E-state index contributed by atoms with van der Waals surface area (Å²) in [5.41, 5.74) is 2.43. The number of benzene rings is 2. The molecular weight excluding hydrogens is 360 g/mol. The van der Waals surface area contributed by atoms with Crippen LogP contribution in [-0.2, 0) is 16.1 Å². The van der Waals surface area contributed by atoms with Crippen molar-refractivity contribution in [3.05, 3.63) is 64.1 Å². The van der Waals surface area contributed by atoms with E-state index in [1.165, 1.54) is 4.90 Å². The first-order valence-corrected chi connectivity index (χ1v) is 7.90. The van der Waals surface area contributed by atoms with Crippen LogP contribution in [0.15, 0.2) is 53.0 Å². The largest absolute Gasteiger partial charge is 0.445 e. The maximum Gasteiger partial charge on any atom is 0.408 e. The molecule has 2 aromatic rings. The molecular formula is C17H15BrN2O3. The molecule has 0 radical (unpaired) electrons. The molecule has 3 rings (SSSR count). The average Bonchev–Trinajstić information content (AvgIpc) is 2.78. The number of anilines is 1. The van der Waals surface area contributed by atoms with Crippen LogP contribution in [0.25, 0.3) is 0 Å². The van der Waals surface area contributed by atoms with E-state index in [0.717, 1.165) is 21.3 Å². The van der Waals surface area contributed by atoms with Gasteiger partial charge in [-0.25, -0.2) is 4.79 Å². The number of hydrogen-bond donors (Lipinski definition) is 1. The van der Waals surface area contributed by atoms with Gasteiger partial charge in [-0.1, -0.05) is 46.3 Å². The minimum Gasteiger partial charge on any atom is -0.445 e. The molecule has 23 heavy (non-hydrogen) atoms. The van der Waals surface area contributed by atoms with Gasteiger partial charge in [0.2, 0.25) is 0 Å². The lowest BCUT2D eigenvalue weighted by Crippen LogP contribution is -2.36. The van der Waals surface area contributed by atoms with E-state index >= 15 is 0 Å². The summed E-state index contributed by atoms with van der Waals surface area (Å²) < 4.78 is 6.04. The van der Waals surface area contributed by atoms with Crippen molar-refractivity contribution in [2.24, 2.45) is 0 Å². The van der Waals surface area contributed by atoms with E-state index in [2.05, 4.69) is 21.2 Å². The Morgan fingerprint density at radius 2 is 2.00 bits per heavy atom. The third-order valence-corrected chi connectivity index (χ3v) is 4.21. The maximum atomic E-state index is 12.3. The SMILES string of the molecule is CN1C(=O)C(NC(=O)OCc2ccccc2)c2cc(Br)ccc21. The summed E-state index contributed by atoms with van der Waals surface area (Å²) in [6.07, 6.45) is -0.617. The fourth-order valence-corrected chi connectivity index (χ4v) is 2.91. The standard InChI is InChI=1S/C17H15BrN2O3/c1-20-14-8-7-12(18)9-13(14)15(16(20)21)19-17(22)23-10-11-5-3-2-4-6-11/h2-9,15H,10H2,1H3,(H,19,22). The predicted molar refractivity (Wildman–Crippen MR) is 90.1 cm³/mol. The molecule has 6 heteroatoms. The van der Waals surface area contributed by atoms with Crippen molar-refractivity contribution in [2.45, 2.75) is 12.6 Å². The molecule has 118 valence electrons. The van der Waals surface area contributed by atoms with Crippen molar-refractivity contribution in [3.8, 4) is 0 Å². The van der Waals surface area contributed by atoms with Crippen LogP contribution in [0.3, 0.4) is 0 Å². The van der Waals surface area contributed by atoms with Crippen LogP contribution < -0.4 is 10.2 Å². The van der Waals surface area contributed by atoms with Gasteiger partial charge in [0.1, 0.15) is 12.6 Å². The van der Waals surface area contributed by atoms with Gasteiger partial charge in [-0.3, -0.25) is 4.79 Å². The van der Waals surface area contributed by atoms with Gasteiger partial charge in [0.25, 0.3) is 5.91 Å². The van der Waals surface area contributed by atoms with Gasteiger partial charge in [0.05, 0.1) is 0 Å². The fourth-order valence-electron chi connectivity index (χ4n) is 2.53. The zero-order chi connectivity index (χ0) is 16.4. The topological polar surface area (TPSA) is 58.6 Å². The van der Waals surface area contributed by atoms with Crippen LogP contribution in [0.2, 0.25) is 0 Å². The maximum absolute atomic E-state index is 12.3. The number of rotatable bonds is 3. The Labute approximate surface area is 142 Å². The van der Waals surface area contributed by atoms with Crippen LogP contribution >= 0.6 is 15.9 Å². The third kappa shape index (κ3) is 3.22. The summed E-state index contributed by atoms with van der Waals surface area (Å²) in [5, 5.41) is 2.64. The highest BCUT2D eigenvalue weighted by atomic mass is 79.9. The zero-order valence-corrected chi connectivity index (χ0v) is 14.0. The van der Waals surface area contributed by atoms with Crippen molar-refractivity contribution in [2.75, 3.05) is 11.9 Å². The minimum atomic E-state index is -0.726. The number of carbonyl (C=O) groups is 2. The van der Waals surface area contributed by atoms with Gasteiger partial charge in [-0.2, -0.15) is 0 Å². The summed E-state index contributed by atoms with van der Waals surface area (Å²) in [7, 11) is 1.69. The van der Waals surface area contributed by atoms with Crippen LogP contribution in [-0.4, -0.2) is 19.0 Å². The lowest BCUT2D eigenvalue weighted by Gasteiger charge is -2.13. The quantitative estimate of drug-likeness (QED) is 0.895. The smallest absolute Gasteiger partial charge is 0.408 e. The second-order valence-electron chi connectivity index (χ2n) is 5.24. The molecule has 1 atom stereocenters. The van der Waals surface area contributed by atoms with Gasteiger partial charge in [-0.05, 0) is 23.8 Å². The number of fused-ring (bicyclic) bond motifs is 1. The van der Waals surface area contributed by atoms with Crippen molar-refractivity contribution < 1.29 is 14.3 Å². The van der Waals surface area contributed by atoms with Gasteiger partial charge in [0, 0.05) is 22.8 Å². The fraction of sp³-hybridized carbons (Fsp3) is 0.176. The van der Waals surface area contributed by atoms with Gasteiger partial charge >= 0.3 is 6.09 Å². The summed E-state index contributed by atoms with van der Waals surface area (Å²) in [4.78, 5) is 25.9. The Morgan fingerprint density at radius 1 is 1.26 bits per heavy atom. The molecule has 1 heterocycles. The van der Waals surface area contributed by atoms with E-state index in [1.807, 2.05) is 48.5 Å². The van der Waals surface area contributed by atoms with Crippen molar-refractivity contribution in [3.63, 3.8) is 0 Å². The van der Waals surface area contributed by atoms with Crippen molar-refractivity contribution in [1.82, 2.24) is 5.32 Å².